The highest BCUT2D eigenvalue weighted by Crippen LogP contribution is 2.39. The van der Waals surface area contributed by atoms with Crippen molar-refractivity contribution in [3.05, 3.63) is 40.7 Å². The molecule has 0 saturated carbocycles. The smallest absolute Gasteiger partial charge is 0.435 e. The van der Waals surface area contributed by atoms with Crippen LogP contribution in [0.4, 0.5) is 4.79 Å². The molecule has 2 unspecified atom stereocenters. The number of benzene rings is 1. The number of aryl methyl sites for hydroxylation is 1. The summed E-state index contributed by atoms with van der Waals surface area (Å²) in [5, 5.41) is 24.5. The van der Waals surface area contributed by atoms with Gasteiger partial charge < -0.3 is 4.74 Å². The van der Waals surface area contributed by atoms with E-state index in [-0.39, 0.29) is 0 Å². The van der Waals surface area contributed by atoms with E-state index in [0.717, 1.165) is 10.9 Å². The van der Waals surface area contributed by atoms with Gasteiger partial charge in [-0.1, -0.05) is 6.07 Å². The number of carbonyl (C=O) groups excluding carboxylic acids is 1. The maximum atomic E-state index is 12.5. The number of nitriles is 2. The van der Waals surface area contributed by atoms with E-state index in [1.165, 1.54) is 4.68 Å². The number of rotatable bonds is 1. The fourth-order valence-corrected chi connectivity index (χ4v) is 3.63. The largest absolute Gasteiger partial charge is 0.442 e. The van der Waals surface area contributed by atoms with Gasteiger partial charge >= 0.3 is 6.09 Å². The van der Waals surface area contributed by atoms with E-state index in [1.54, 1.807) is 33.8 Å². The van der Waals surface area contributed by atoms with Gasteiger partial charge in [0.2, 0.25) is 0 Å². The summed E-state index contributed by atoms with van der Waals surface area (Å²) in [5.74, 6) is -0.928. The van der Waals surface area contributed by atoms with Crippen LogP contribution in [-0.2, 0) is 4.74 Å². The summed E-state index contributed by atoms with van der Waals surface area (Å²) in [6, 6.07) is 10.0. The molecule has 7 heteroatoms. The number of hydrogen-bond donors (Lipinski definition) is 0. The maximum Gasteiger partial charge on any atom is 0.435 e. The first-order valence-corrected chi connectivity index (χ1v) is 9.35. The standard InChI is InChI=1S/C22H23N5O2/c1-12-17(10-23)20(18(11-24)13(2)25-12)15-7-8-19-16(9-15)14(3)26-27(19)21(28)29-22(4,5)6/h7-9,17,20H,1-6H3. The predicted octanol–water partition coefficient (Wildman–Crippen LogP) is 4.62. The van der Waals surface area contributed by atoms with Crippen LogP contribution in [0.25, 0.3) is 10.9 Å². The predicted molar refractivity (Wildman–Crippen MR) is 109 cm³/mol. The van der Waals surface area contributed by atoms with E-state index in [1.807, 2.05) is 26.0 Å². The van der Waals surface area contributed by atoms with E-state index in [0.29, 0.717) is 28.2 Å². The fraction of sp³-hybridized carbons (Fsp3) is 0.409. The van der Waals surface area contributed by atoms with Gasteiger partial charge in [0, 0.05) is 17.0 Å². The molecule has 29 heavy (non-hydrogen) atoms. The van der Waals surface area contributed by atoms with Gasteiger partial charge in [-0.2, -0.15) is 20.3 Å². The second-order valence-electron chi connectivity index (χ2n) is 8.20. The lowest BCUT2D eigenvalue weighted by Crippen LogP contribution is -2.27. The van der Waals surface area contributed by atoms with Crippen LogP contribution in [0.1, 0.15) is 51.8 Å². The first-order valence-electron chi connectivity index (χ1n) is 9.35. The summed E-state index contributed by atoms with van der Waals surface area (Å²) >= 11 is 0. The van der Waals surface area contributed by atoms with Crippen LogP contribution in [-0.4, -0.2) is 27.2 Å². The van der Waals surface area contributed by atoms with Crippen LogP contribution in [0.3, 0.4) is 0 Å². The molecule has 0 fully saturated rings. The summed E-state index contributed by atoms with van der Waals surface area (Å²) in [6.45, 7) is 10.8. The Bertz CT molecular complexity index is 1150. The van der Waals surface area contributed by atoms with Crippen molar-refractivity contribution in [1.82, 2.24) is 9.78 Å². The van der Waals surface area contributed by atoms with Crippen molar-refractivity contribution >= 4 is 22.7 Å². The minimum atomic E-state index is -0.633. The van der Waals surface area contributed by atoms with Crippen molar-refractivity contribution in [3.63, 3.8) is 0 Å². The number of hydrogen-bond acceptors (Lipinski definition) is 6. The van der Waals surface area contributed by atoms with Gasteiger partial charge in [-0.05, 0) is 59.2 Å². The highest BCUT2D eigenvalue weighted by Gasteiger charge is 2.34. The Morgan fingerprint density at radius 2 is 1.90 bits per heavy atom. The second kappa shape index (κ2) is 7.18. The van der Waals surface area contributed by atoms with Gasteiger partial charge in [0.25, 0.3) is 0 Å². The highest BCUT2D eigenvalue weighted by molar-refractivity contribution is 5.92. The molecule has 0 saturated heterocycles. The lowest BCUT2D eigenvalue weighted by molar-refractivity contribution is 0.0522. The topological polar surface area (TPSA) is 104 Å². The number of aliphatic imine (C=N–C) groups is 1. The lowest BCUT2D eigenvalue weighted by Gasteiger charge is -2.26. The summed E-state index contributed by atoms with van der Waals surface area (Å²) in [6.07, 6.45) is -0.549. The van der Waals surface area contributed by atoms with Crippen molar-refractivity contribution in [3.8, 4) is 12.1 Å². The molecule has 0 N–H and O–H groups in total. The SMILES string of the molecule is CC1=NC(C)=C(C#N)C(c2ccc3c(c2)c(C)nn3C(=O)OC(C)(C)C)C1C#N. The zero-order chi connectivity index (χ0) is 21.5. The van der Waals surface area contributed by atoms with Crippen molar-refractivity contribution in [1.29, 1.82) is 10.5 Å². The number of fused-ring (bicyclic) bond motifs is 1. The van der Waals surface area contributed by atoms with Gasteiger partial charge in [0.05, 0.1) is 40.5 Å². The first kappa shape index (κ1) is 20.3. The molecule has 0 spiro atoms. The summed E-state index contributed by atoms with van der Waals surface area (Å²) in [7, 11) is 0. The third-order valence-corrected chi connectivity index (χ3v) is 4.90. The van der Waals surface area contributed by atoms with Crippen LogP contribution in [0, 0.1) is 35.5 Å². The molecule has 0 bridgehead atoms. The molecule has 2 heterocycles. The van der Waals surface area contributed by atoms with E-state index >= 15 is 0 Å². The van der Waals surface area contributed by atoms with E-state index in [2.05, 4.69) is 22.2 Å². The zero-order valence-electron chi connectivity index (χ0n) is 17.4. The molecular formula is C22H23N5O2. The number of carbonyl (C=O) groups is 1. The Kier molecular flexibility index (Phi) is 5.02. The van der Waals surface area contributed by atoms with Crippen LogP contribution < -0.4 is 0 Å². The number of aromatic nitrogens is 2. The first-order chi connectivity index (χ1) is 13.6. The van der Waals surface area contributed by atoms with Crippen LogP contribution in [0.15, 0.2) is 34.5 Å². The van der Waals surface area contributed by atoms with Gasteiger partial charge in [-0.15, -0.1) is 0 Å². The molecule has 1 aliphatic rings. The molecule has 148 valence electrons. The Morgan fingerprint density at radius 1 is 1.21 bits per heavy atom. The Morgan fingerprint density at radius 3 is 2.48 bits per heavy atom. The Labute approximate surface area is 169 Å². The molecule has 0 aliphatic carbocycles. The molecule has 1 aromatic heterocycles. The van der Waals surface area contributed by atoms with Crippen LogP contribution >= 0.6 is 0 Å². The fourth-order valence-electron chi connectivity index (χ4n) is 3.63. The quantitative estimate of drug-likeness (QED) is 0.707. The van der Waals surface area contributed by atoms with Gasteiger partial charge in [-0.3, -0.25) is 4.99 Å². The number of ether oxygens (including phenoxy) is 1. The lowest BCUT2D eigenvalue weighted by atomic mass is 9.76. The highest BCUT2D eigenvalue weighted by atomic mass is 16.6. The summed E-state index contributed by atoms with van der Waals surface area (Å²) in [4.78, 5) is 16.9. The van der Waals surface area contributed by atoms with E-state index < -0.39 is 23.5 Å². The molecule has 0 radical (unpaired) electrons. The summed E-state index contributed by atoms with van der Waals surface area (Å²) < 4.78 is 6.69. The zero-order valence-corrected chi connectivity index (χ0v) is 17.4. The summed E-state index contributed by atoms with van der Waals surface area (Å²) in [5.41, 5.74) is 3.28. The van der Waals surface area contributed by atoms with Crippen molar-refractivity contribution < 1.29 is 9.53 Å². The van der Waals surface area contributed by atoms with Crippen LogP contribution in [0.5, 0.6) is 0 Å². The Balaban J connectivity index is 2.13. The third-order valence-electron chi connectivity index (χ3n) is 4.90. The molecule has 1 aromatic carbocycles. The van der Waals surface area contributed by atoms with Crippen molar-refractivity contribution in [2.75, 3.05) is 0 Å². The van der Waals surface area contributed by atoms with E-state index in [9.17, 15) is 15.3 Å². The van der Waals surface area contributed by atoms with Crippen molar-refractivity contribution in [2.45, 2.75) is 53.1 Å². The number of nitrogens with zero attached hydrogens (tertiary/aromatic N) is 5. The monoisotopic (exact) mass is 389 g/mol. The molecule has 3 rings (SSSR count). The molecule has 1 aliphatic heterocycles. The third kappa shape index (κ3) is 3.64. The Hall–Kier alpha value is -3.45. The molecule has 0 amide bonds. The second-order valence-corrected chi connectivity index (χ2v) is 8.20. The minimum absolute atomic E-state index is 0.406. The van der Waals surface area contributed by atoms with Crippen molar-refractivity contribution in [2.24, 2.45) is 10.9 Å². The minimum Gasteiger partial charge on any atom is -0.442 e. The van der Waals surface area contributed by atoms with Gasteiger partial charge in [-0.25, -0.2) is 4.79 Å². The average molecular weight is 389 g/mol. The average Bonchev–Trinajstić information content (AvgIpc) is 2.96. The molecule has 2 atom stereocenters. The maximum absolute atomic E-state index is 12.5. The molecule has 7 nitrogen and oxygen atoms in total. The van der Waals surface area contributed by atoms with E-state index in [4.69, 9.17) is 4.74 Å². The van der Waals surface area contributed by atoms with Crippen LogP contribution in [0.2, 0.25) is 0 Å². The molecular weight excluding hydrogens is 366 g/mol. The molecule has 2 aromatic rings. The number of allylic oxidation sites excluding steroid dienone is 2. The van der Waals surface area contributed by atoms with Gasteiger partial charge in [0.1, 0.15) is 5.60 Å². The normalized spacial score (nSPS) is 19.5. The van der Waals surface area contributed by atoms with Gasteiger partial charge in [0.15, 0.2) is 0 Å².